The van der Waals surface area contributed by atoms with Gasteiger partial charge >= 0.3 is 0 Å². The maximum absolute atomic E-state index is 12.2. The Labute approximate surface area is 111 Å². The molecule has 2 aromatic rings. The summed E-state index contributed by atoms with van der Waals surface area (Å²) >= 11 is 0. The Bertz CT molecular complexity index is 599. The highest BCUT2D eigenvalue weighted by atomic mass is 16.1. The fourth-order valence-electron chi connectivity index (χ4n) is 2.56. The number of H-pyrrole nitrogens is 1. The number of aryl methyl sites for hydroxylation is 1. The van der Waals surface area contributed by atoms with Gasteiger partial charge in [-0.25, -0.2) is 0 Å². The second-order valence-electron chi connectivity index (χ2n) is 5.14. The molecule has 1 aliphatic heterocycles. The highest BCUT2D eigenvalue weighted by Crippen LogP contribution is 2.23. The maximum Gasteiger partial charge on any atom is 0.227 e. The summed E-state index contributed by atoms with van der Waals surface area (Å²) in [7, 11) is 0. The molecule has 0 unspecified atom stereocenters. The first-order valence-corrected chi connectivity index (χ1v) is 6.69. The van der Waals surface area contributed by atoms with E-state index in [1.807, 2.05) is 19.1 Å². The predicted molar refractivity (Wildman–Crippen MR) is 75.1 cm³/mol. The quantitative estimate of drug-likeness (QED) is 0.769. The van der Waals surface area contributed by atoms with Crippen molar-refractivity contribution in [1.29, 1.82) is 0 Å². The van der Waals surface area contributed by atoms with Crippen LogP contribution in [-0.4, -0.2) is 29.2 Å². The summed E-state index contributed by atoms with van der Waals surface area (Å²) in [6.07, 6.45) is 3.62. The van der Waals surface area contributed by atoms with Crippen molar-refractivity contribution >= 4 is 22.5 Å². The van der Waals surface area contributed by atoms with E-state index in [2.05, 4.69) is 20.8 Å². The van der Waals surface area contributed by atoms with Gasteiger partial charge in [0, 0.05) is 17.0 Å². The molecule has 3 N–H and O–H groups in total. The third-order valence-corrected chi connectivity index (χ3v) is 3.75. The summed E-state index contributed by atoms with van der Waals surface area (Å²) in [6.45, 7) is 3.86. The Kier molecular flexibility index (Phi) is 3.21. The summed E-state index contributed by atoms with van der Waals surface area (Å²) in [6, 6.07) is 3.99. The van der Waals surface area contributed by atoms with Crippen LogP contribution in [-0.2, 0) is 4.79 Å². The fraction of sp³-hybridized carbons (Fsp3) is 0.429. The SMILES string of the molecule is Cc1cc2cn[nH]c2cc1NC(=O)C1CCNCC1. The van der Waals surface area contributed by atoms with Gasteiger partial charge in [-0.3, -0.25) is 9.89 Å². The standard InChI is InChI=1S/C14H18N4O/c1-9-6-11-8-16-18-13(11)7-12(9)17-14(19)10-2-4-15-5-3-10/h6-8,10,15H,2-5H2,1H3,(H,16,18)(H,17,19). The van der Waals surface area contributed by atoms with Crippen LogP contribution in [0.15, 0.2) is 18.3 Å². The van der Waals surface area contributed by atoms with Crippen molar-refractivity contribution in [2.75, 3.05) is 18.4 Å². The molecule has 1 aliphatic rings. The number of amides is 1. The molecular weight excluding hydrogens is 240 g/mol. The minimum Gasteiger partial charge on any atom is -0.326 e. The molecule has 100 valence electrons. The molecule has 0 radical (unpaired) electrons. The normalized spacial score (nSPS) is 16.7. The van der Waals surface area contributed by atoms with Crippen LogP contribution in [0.1, 0.15) is 18.4 Å². The molecule has 1 saturated heterocycles. The fourth-order valence-corrected chi connectivity index (χ4v) is 2.56. The zero-order valence-electron chi connectivity index (χ0n) is 11.0. The van der Waals surface area contributed by atoms with E-state index in [-0.39, 0.29) is 11.8 Å². The Balaban J connectivity index is 1.79. The summed E-state index contributed by atoms with van der Waals surface area (Å²) in [5, 5.41) is 14.3. The van der Waals surface area contributed by atoms with Gasteiger partial charge in [0.1, 0.15) is 0 Å². The Morgan fingerprint density at radius 1 is 1.37 bits per heavy atom. The Hall–Kier alpha value is -1.88. The van der Waals surface area contributed by atoms with Gasteiger partial charge in [-0.05, 0) is 50.6 Å². The van der Waals surface area contributed by atoms with Gasteiger partial charge in [0.05, 0.1) is 11.7 Å². The number of carbonyl (C=O) groups excluding carboxylic acids is 1. The number of anilines is 1. The zero-order chi connectivity index (χ0) is 13.2. The average molecular weight is 258 g/mol. The van der Waals surface area contributed by atoms with Crippen LogP contribution in [0, 0.1) is 12.8 Å². The number of benzene rings is 1. The lowest BCUT2D eigenvalue weighted by Crippen LogP contribution is -2.34. The number of hydrogen-bond donors (Lipinski definition) is 3. The molecular formula is C14H18N4O. The molecule has 0 spiro atoms. The number of rotatable bonds is 2. The largest absolute Gasteiger partial charge is 0.326 e. The van der Waals surface area contributed by atoms with Crippen molar-refractivity contribution in [1.82, 2.24) is 15.5 Å². The molecule has 0 aliphatic carbocycles. The second-order valence-corrected chi connectivity index (χ2v) is 5.14. The molecule has 0 saturated carbocycles. The Morgan fingerprint density at radius 3 is 2.95 bits per heavy atom. The van der Waals surface area contributed by atoms with Crippen LogP contribution in [0.2, 0.25) is 0 Å². The molecule has 3 rings (SSSR count). The van der Waals surface area contributed by atoms with E-state index in [1.54, 1.807) is 6.20 Å². The lowest BCUT2D eigenvalue weighted by atomic mass is 9.97. The number of aromatic amines is 1. The molecule has 1 aromatic heterocycles. The minimum absolute atomic E-state index is 0.123. The van der Waals surface area contributed by atoms with Crippen LogP contribution in [0.4, 0.5) is 5.69 Å². The van der Waals surface area contributed by atoms with E-state index in [0.717, 1.165) is 48.1 Å². The van der Waals surface area contributed by atoms with E-state index in [0.29, 0.717) is 0 Å². The summed E-state index contributed by atoms with van der Waals surface area (Å²) in [5.41, 5.74) is 2.89. The van der Waals surface area contributed by atoms with E-state index >= 15 is 0 Å². The monoisotopic (exact) mass is 258 g/mol. The first kappa shape index (κ1) is 12.2. The van der Waals surface area contributed by atoms with Crippen molar-refractivity contribution in [2.45, 2.75) is 19.8 Å². The van der Waals surface area contributed by atoms with Crippen LogP contribution >= 0.6 is 0 Å². The van der Waals surface area contributed by atoms with Crippen LogP contribution in [0.25, 0.3) is 10.9 Å². The lowest BCUT2D eigenvalue weighted by Gasteiger charge is -2.22. The highest BCUT2D eigenvalue weighted by molar-refractivity contribution is 5.96. The van der Waals surface area contributed by atoms with Gasteiger partial charge in [0.2, 0.25) is 5.91 Å². The lowest BCUT2D eigenvalue weighted by molar-refractivity contribution is -0.120. The number of piperidine rings is 1. The number of hydrogen-bond acceptors (Lipinski definition) is 3. The number of carbonyl (C=O) groups is 1. The third-order valence-electron chi connectivity index (χ3n) is 3.75. The van der Waals surface area contributed by atoms with Crippen molar-refractivity contribution in [3.8, 4) is 0 Å². The molecule has 1 amide bonds. The summed E-state index contributed by atoms with van der Waals surface area (Å²) in [4.78, 5) is 12.2. The van der Waals surface area contributed by atoms with Gasteiger partial charge in [0.15, 0.2) is 0 Å². The molecule has 5 nitrogen and oxygen atoms in total. The zero-order valence-corrected chi connectivity index (χ0v) is 11.0. The topological polar surface area (TPSA) is 69.8 Å². The van der Waals surface area contributed by atoms with Crippen molar-refractivity contribution in [3.05, 3.63) is 23.9 Å². The van der Waals surface area contributed by atoms with Gasteiger partial charge < -0.3 is 10.6 Å². The predicted octanol–water partition coefficient (Wildman–Crippen LogP) is 1.81. The van der Waals surface area contributed by atoms with E-state index in [9.17, 15) is 4.79 Å². The third kappa shape index (κ3) is 2.46. The van der Waals surface area contributed by atoms with Crippen molar-refractivity contribution in [3.63, 3.8) is 0 Å². The number of aromatic nitrogens is 2. The second kappa shape index (κ2) is 5.01. The van der Waals surface area contributed by atoms with Gasteiger partial charge in [-0.15, -0.1) is 0 Å². The molecule has 1 fully saturated rings. The van der Waals surface area contributed by atoms with Crippen LogP contribution < -0.4 is 10.6 Å². The number of nitrogens with zero attached hydrogens (tertiary/aromatic N) is 1. The smallest absolute Gasteiger partial charge is 0.227 e. The van der Waals surface area contributed by atoms with Crippen LogP contribution in [0.3, 0.4) is 0 Å². The first-order chi connectivity index (χ1) is 9.24. The Morgan fingerprint density at radius 2 is 2.16 bits per heavy atom. The van der Waals surface area contributed by atoms with E-state index in [1.165, 1.54) is 0 Å². The van der Waals surface area contributed by atoms with Crippen LogP contribution in [0.5, 0.6) is 0 Å². The summed E-state index contributed by atoms with van der Waals surface area (Å²) in [5.74, 6) is 0.251. The van der Waals surface area contributed by atoms with Gasteiger partial charge in [0.25, 0.3) is 0 Å². The van der Waals surface area contributed by atoms with Gasteiger partial charge in [-0.2, -0.15) is 5.10 Å². The molecule has 19 heavy (non-hydrogen) atoms. The van der Waals surface area contributed by atoms with E-state index < -0.39 is 0 Å². The maximum atomic E-state index is 12.2. The van der Waals surface area contributed by atoms with Gasteiger partial charge in [-0.1, -0.05) is 0 Å². The molecule has 5 heteroatoms. The highest BCUT2D eigenvalue weighted by Gasteiger charge is 2.21. The molecule has 0 bridgehead atoms. The molecule has 0 atom stereocenters. The number of nitrogens with one attached hydrogen (secondary N) is 3. The first-order valence-electron chi connectivity index (χ1n) is 6.69. The van der Waals surface area contributed by atoms with Crippen molar-refractivity contribution in [2.24, 2.45) is 5.92 Å². The van der Waals surface area contributed by atoms with Crippen molar-refractivity contribution < 1.29 is 4.79 Å². The average Bonchev–Trinajstić information content (AvgIpc) is 2.87. The molecule has 1 aromatic carbocycles. The molecule has 2 heterocycles. The van der Waals surface area contributed by atoms with E-state index in [4.69, 9.17) is 0 Å². The summed E-state index contributed by atoms with van der Waals surface area (Å²) < 4.78 is 0. The number of fused-ring (bicyclic) bond motifs is 1. The minimum atomic E-state index is 0.123.